The molecule has 0 aliphatic carbocycles. The summed E-state index contributed by atoms with van der Waals surface area (Å²) in [5.41, 5.74) is 1.24. The van der Waals surface area contributed by atoms with E-state index in [0.29, 0.717) is 11.9 Å². The Morgan fingerprint density at radius 1 is 1.50 bits per heavy atom. The van der Waals surface area contributed by atoms with Crippen LogP contribution in [0.4, 0.5) is 0 Å². The summed E-state index contributed by atoms with van der Waals surface area (Å²) < 4.78 is 0. The lowest BCUT2D eigenvalue weighted by molar-refractivity contribution is 0.593. The molecular weight excluding hydrogens is 172 g/mol. The van der Waals surface area contributed by atoms with Crippen LogP contribution >= 0.6 is 11.6 Å². The van der Waals surface area contributed by atoms with Crippen molar-refractivity contribution in [3.8, 4) is 0 Å². The highest BCUT2D eigenvalue weighted by molar-refractivity contribution is 6.18. The van der Waals surface area contributed by atoms with Gasteiger partial charge in [0.25, 0.3) is 0 Å². The molecule has 0 saturated heterocycles. The molecule has 0 saturated carbocycles. The summed E-state index contributed by atoms with van der Waals surface area (Å²) in [5.74, 6) is 0.644. The van der Waals surface area contributed by atoms with Crippen molar-refractivity contribution in [1.82, 2.24) is 10.3 Å². The van der Waals surface area contributed by atoms with Gasteiger partial charge in [0, 0.05) is 30.9 Å². The number of alkyl halides is 1. The fraction of sp³-hybridized carbons (Fsp3) is 0.444. The van der Waals surface area contributed by atoms with E-state index in [9.17, 15) is 0 Å². The maximum Gasteiger partial charge on any atom is 0.0374 e. The number of rotatable bonds is 4. The second-order valence-corrected chi connectivity index (χ2v) is 3.10. The summed E-state index contributed by atoms with van der Waals surface area (Å²) in [4.78, 5) is 3.94. The molecule has 0 radical (unpaired) electrons. The standard InChI is InChI=1S/C9H13ClN2/c1-8(6-10)12-7-9-2-4-11-5-3-9/h2-5,8,12H,6-7H2,1H3. The van der Waals surface area contributed by atoms with Crippen LogP contribution in [0.15, 0.2) is 24.5 Å². The zero-order valence-corrected chi connectivity index (χ0v) is 7.88. The number of hydrogen-bond donors (Lipinski definition) is 1. The monoisotopic (exact) mass is 184 g/mol. The number of aromatic nitrogens is 1. The molecule has 2 nitrogen and oxygen atoms in total. The van der Waals surface area contributed by atoms with Gasteiger partial charge in [-0.3, -0.25) is 4.98 Å². The van der Waals surface area contributed by atoms with Gasteiger partial charge in [0.15, 0.2) is 0 Å². The molecule has 1 aromatic rings. The molecule has 0 amide bonds. The second kappa shape index (κ2) is 5.12. The molecule has 1 atom stereocenters. The molecule has 0 aromatic carbocycles. The van der Waals surface area contributed by atoms with E-state index >= 15 is 0 Å². The van der Waals surface area contributed by atoms with Crippen molar-refractivity contribution < 1.29 is 0 Å². The van der Waals surface area contributed by atoms with E-state index in [1.165, 1.54) is 5.56 Å². The third-order valence-electron chi connectivity index (χ3n) is 1.64. The summed E-state index contributed by atoms with van der Waals surface area (Å²) in [6, 6.07) is 4.35. The Labute approximate surface area is 78.0 Å². The van der Waals surface area contributed by atoms with E-state index in [1.807, 2.05) is 12.1 Å². The van der Waals surface area contributed by atoms with Gasteiger partial charge in [-0.1, -0.05) is 0 Å². The number of nitrogens with one attached hydrogen (secondary N) is 1. The highest BCUT2D eigenvalue weighted by Gasteiger charge is 1.97. The zero-order chi connectivity index (χ0) is 8.81. The minimum absolute atomic E-state index is 0.361. The molecular formula is C9H13ClN2. The van der Waals surface area contributed by atoms with Gasteiger partial charge in [0.05, 0.1) is 0 Å². The van der Waals surface area contributed by atoms with E-state index in [-0.39, 0.29) is 0 Å². The average Bonchev–Trinajstić information content (AvgIpc) is 2.16. The molecule has 0 aliphatic rings. The van der Waals surface area contributed by atoms with Crippen LogP contribution in [0, 0.1) is 0 Å². The van der Waals surface area contributed by atoms with Crippen molar-refractivity contribution in [2.45, 2.75) is 19.5 Å². The van der Waals surface area contributed by atoms with Crippen LogP contribution in [0.25, 0.3) is 0 Å². The van der Waals surface area contributed by atoms with Gasteiger partial charge in [-0.25, -0.2) is 0 Å². The van der Waals surface area contributed by atoms with E-state index in [0.717, 1.165) is 6.54 Å². The van der Waals surface area contributed by atoms with E-state index in [2.05, 4.69) is 17.2 Å². The van der Waals surface area contributed by atoms with Crippen molar-refractivity contribution in [3.63, 3.8) is 0 Å². The number of hydrogen-bond acceptors (Lipinski definition) is 2. The van der Waals surface area contributed by atoms with E-state index in [4.69, 9.17) is 11.6 Å². The first kappa shape index (κ1) is 9.49. The summed E-state index contributed by atoms with van der Waals surface area (Å²) in [6.45, 7) is 2.92. The second-order valence-electron chi connectivity index (χ2n) is 2.79. The lowest BCUT2D eigenvalue weighted by Gasteiger charge is -2.09. The van der Waals surface area contributed by atoms with Gasteiger partial charge in [0.2, 0.25) is 0 Å². The van der Waals surface area contributed by atoms with Crippen LogP contribution in [-0.4, -0.2) is 16.9 Å². The van der Waals surface area contributed by atoms with Crippen LogP contribution in [-0.2, 0) is 6.54 Å². The first-order valence-electron chi connectivity index (χ1n) is 4.01. The van der Waals surface area contributed by atoms with Crippen molar-refractivity contribution in [2.75, 3.05) is 5.88 Å². The molecule has 1 aromatic heterocycles. The van der Waals surface area contributed by atoms with Gasteiger partial charge in [-0.05, 0) is 24.6 Å². The zero-order valence-electron chi connectivity index (χ0n) is 7.13. The maximum absolute atomic E-state index is 5.64. The molecule has 12 heavy (non-hydrogen) atoms. The first-order valence-corrected chi connectivity index (χ1v) is 4.54. The van der Waals surface area contributed by atoms with E-state index in [1.54, 1.807) is 12.4 Å². The summed E-state index contributed by atoms with van der Waals surface area (Å²) >= 11 is 5.64. The lowest BCUT2D eigenvalue weighted by Crippen LogP contribution is -2.26. The fourth-order valence-electron chi connectivity index (χ4n) is 0.847. The predicted octanol–water partition coefficient (Wildman–Crippen LogP) is 1.80. The van der Waals surface area contributed by atoms with Crippen LogP contribution in [0.3, 0.4) is 0 Å². The van der Waals surface area contributed by atoms with Gasteiger partial charge >= 0.3 is 0 Å². The third kappa shape index (κ3) is 3.20. The fourth-order valence-corrected chi connectivity index (χ4v) is 0.956. The van der Waals surface area contributed by atoms with Crippen LogP contribution in [0.2, 0.25) is 0 Å². The Bertz CT molecular complexity index is 213. The number of pyridine rings is 1. The largest absolute Gasteiger partial charge is 0.309 e. The maximum atomic E-state index is 5.64. The topological polar surface area (TPSA) is 24.9 Å². The van der Waals surface area contributed by atoms with Gasteiger partial charge in [0.1, 0.15) is 0 Å². The molecule has 1 unspecified atom stereocenters. The first-order chi connectivity index (χ1) is 5.83. The Hall–Kier alpha value is -0.600. The Morgan fingerprint density at radius 3 is 2.75 bits per heavy atom. The summed E-state index contributed by atoms with van der Waals surface area (Å²) in [5, 5.41) is 3.29. The average molecular weight is 185 g/mol. The number of nitrogens with zero attached hydrogens (tertiary/aromatic N) is 1. The predicted molar refractivity (Wildman–Crippen MR) is 51.3 cm³/mol. The van der Waals surface area contributed by atoms with Gasteiger partial charge in [-0.15, -0.1) is 11.6 Å². The summed E-state index contributed by atoms with van der Waals surface area (Å²) in [6.07, 6.45) is 3.59. The molecule has 0 spiro atoms. The molecule has 1 rings (SSSR count). The molecule has 1 heterocycles. The van der Waals surface area contributed by atoms with Crippen molar-refractivity contribution >= 4 is 11.6 Å². The molecule has 0 aliphatic heterocycles. The van der Waals surface area contributed by atoms with Crippen molar-refractivity contribution in [1.29, 1.82) is 0 Å². The quantitative estimate of drug-likeness (QED) is 0.722. The summed E-state index contributed by atoms with van der Waals surface area (Å²) in [7, 11) is 0. The van der Waals surface area contributed by atoms with Gasteiger partial charge in [-0.2, -0.15) is 0 Å². The number of halogens is 1. The Balaban J connectivity index is 2.33. The van der Waals surface area contributed by atoms with Crippen LogP contribution < -0.4 is 5.32 Å². The molecule has 3 heteroatoms. The van der Waals surface area contributed by atoms with Gasteiger partial charge < -0.3 is 5.32 Å². The molecule has 0 bridgehead atoms. The minimum atomic E-state index is 0.361. The Morgan fingerprint density at radius 2 is 2.17 bits per heavy atom. The molecule has 66 valence electrons. The van der Waals surface area contributed by atoms with Crippen molar-refractivity contribution in [2.24, 2.45) is 0 Å². The van der Waals surface area contributed by atoms with Crippen molar-refractivity contribution in [3.05, 3.63) is 30.1 Å². The highest BCUT2D eigenvalue weighted by atomic mass is 35.5. The SMILES string of the molecule is CC(CCl)NCc1ccncc1. The van der Waals surface area contributed by atoms with E-state index < -0.39 is 0 Å². The van der Waals surface area contributed by atoms with Crippen LogP contribution in [0.5, 0.6) is 0 Å². The molecule has 0 fully saturated rings. The highest BCUT2D eigenvalue weighted by Crippen LogP contribution is 1.96. The Kier molecular flexibility index (Phi) is 4.05. The third-order valence-corrected chi connectivity index (χ3v) is 2.10. The smallest absolute Gasteiger partial charge is 0.0374 e. The normalized spacial score (nSPS) is 12.8. The minimum Gasteiger partial charge on any atom is -0.309 e. The molecule has 1 N–H and O–H groups in total. The van der Waals surface area contributed by atoms with Crippen LogP contribution in [0.1, 0.15) is 12.5 Å². The lowest BCUT2D eigenvalue weighted by atomic mass is 10.2.